The van der Waals surface area contributed by atoms with Gasteiger partial charge >= 0.3 is 36.1 Å². The summed E-state index contributed by atoms with van der Waals surface area (Å²) in [6.45, 7) is 15.3. The molecule has 0 aliphatic heterocycles. The highest BCUT2D eigenvalue weighted by Crippen LogP contribution is 2.16. The van der Waals surface area contributed by atoms with Crippen LogP contribution in [0.4, 0.5) is 9.59 Å². The second-order valence-corrected chi connectivity index (χ2v) is 18.6. The topological polar surface area (TPSA) is 236 Å². The first-order chi connectivity index (χ1) is 28.1. The standard InChI is InChI=1S/C17H24ClNO6S.C17H24ClNO4S.C4H8O2.C2H4O3/c1-17(2,3)25-16(21)19-14(9-12-5-7-13(18)8-6-12)10-26(22,23)11-15(20)24-4;1-17(2,3)23-16(21)19-14(10-24-11-15(20)22-4)9-12-5-7-13(18)8-6-12;1-3-6-4(2)5;1-2(3)5-4/h5-8,14H,9-11H2,1-4H3,(H,19,21);5-8,14H,9-11H2,1-4H3,(H,19,21);3H2,1-2H3;4H,1H3. The molecule has 2 amide bonds. The molecule has 0 heterocycles. The van der Waals surface area contributed by atoms with E-state index in [1.54, 1.807) is 52.0 Å². The maximum absolute atomic E-state index is 12.2. The van der Waals surface area contributed by atoms with Gasteiger partial charge in [-0.3, -0.25) is 14.4 Å². The lowest BCUT2D eigenvalue weighted by atomic mass is 10.1. The zero-order valence-electron chi connectivity index (χ0n) is 36.5. The second kappa shape index (κ2) is 30.7. The molecule has 0 bridgehead atoms. The van der Waals surface area contributed by atoms with Crippen LogP contribution in [0.5, 0.6) is 0 Å². The Morgan fingerprint density at radius 1 is 0.705 bits per heavy atom. The van der Waals surface area contributed by atoms with Crippen molar-refractivity contribution in [1.82, 2.24) is 10.6 Å². The number of hydrogen-bond donors (Lipinski definition) is 3. The molecule has 3 N–H and O–H groups in total. The van der Waals surface area contributed by atoms with Crippen molar-refractivity contribution in [3.63, 3.8) is 0 Å². The molecule has 21 heteroatoms. The minimum absolute atomic E-state index is 0.171. The van der Waals surface area contributed by atoms with Crippen LogP contribution < -0.4 is 10.6 Å². The SMILES string of the molecule is CC(=O)OO.CCOC(C)=O.COC(=O)CS(=O)(=O)CC(Cc1ccc(Cl)cc1)NC(=O)OC(C)(C)C.COC(=O)CSCC(Cc1ccc(Cl)cc1)NC(=O)OC(C)(C)C. The zero-order chi connectivity index (χ0) is 47.4. The van der Waals surface area contributed by atoms with Gasteiger partial charge in [0.2, 0.25) is 0 Å². The Hall–Kier alpha value is -4.30. The predicted molar refractivity (Wildman–Crippen MR) is 233 cm³/mol. The summed E-state index contributed by atoms with van der Waals surface area (Å²) >= 11 is 13.1. The molecule has 61 heavy (non-hydrogen) atoms. The van der Waals surface area contributed by atoms with Crippen molar-refractivity contribution >= 4 is 80.9 Å². The van der Waals surface area contributed by atoms with Gasteiger partial charge in [0, 0.05) is 35.7 Å². The third kappa shape index (κ3) is 36.1. The summed E-state index contributed by atoms with van der Waals surface area (Å²) in [5.41, 5.74) is 0.538. The van der Waals surface area contributed by atoms with Gasteiger partial charge in [-0.2, -0.15) is 5.26 Å². The van der Waals surface area contributed by atoms with Crippen LogP contribution in [0.1, 0.15) is 73.4 Å². The molecule has 2 atom stereocenters. The van der Waals surface area contributed by atoms with E-state index in [1.165, 1.54) is 25.8 Å². The summed E-state index contributed by atoms with van der Waals surface area (Å²) in [6, 6.07) is 13.3. The molecule has 17 nitrogen and oxygen atoms in total. The van der Waals surface area contributed by atoms with Crippen molar-refractivity contribution in [2.75, 3.05) is 43.8 Å². The number of nitrogens with one attached hydrogen (secondary N) is 2. The molecule has 0 aliphatic rings. The summed E-state index contributed by atoms with van der Waals surface area (Å²) in [4.78, 5) is 68.8. The number of carbonyl (C=O) groups is 6. The number of carbonyl (C=O) groups excluding carboxylic acids is 6. The molecular weight excluding hydrogens is 883 g/mol. The highest BCUT2D eigenvalue weighted by Gasteiger charge is 2.27. The highest BCUT2D eigenvalue weighted by atomic mass is 35.5. The van der Waals surface area contributed by atoms with Gasteiger partial charge in [-0.05, 0) is 96.7 Å². The Labute approximate surface area is 373 Å². The molecule has 346 valence electrons. The number of esters is 3. The van der Waals surface area contributed by atoms with E-state index in [0.717, 1.165) is 25.2 Å². The number of amides is 2. The number of halogens is 2. The smallest absolute Gasteiger partial charge is 0.407 e. The fourth-order valence-electron chi connectivity index (χ4n) is 4.21. The van der Waals surface area contributed by atoms with E-state index in [4.69, 9.17) is 37.9 Å². The van der Waals surface area contributed by atoms with E-state index < -0.39 is 62.7 Å². The lowest BCUT2D eigenvalue weighted by Gasteiger charge is -2.23. The first kappa shape index (κ1) is 58.8. The summed E-state index contributed by atoms with van der Waals surface area (Å²) in [6.07, 6.45) is -0.355. The Bertz CT molecular complexity index is 1750. The molecular formula is C40H60Cl2N2O15S2. The van der Waals surface area contributed by atoms with Crippen molar-refractivity contribution in [1.29, 1.82) is 0 Å². The van der Waals surface area contributed by atoms with Crippen LogP contribution in [0.25, 0.3) is 0 Å². The molecule has 0 aliphatic carbocycles. The summed E-state index contributed by atoms with van der Waals surface area (Å²) in [5.74, 6) is -2.42. The number of ether oxygens (including phenoxy) is 5. The molecule has 2 unspecified atom stereocenters. The quantitative estimate of drug-likeness (QED) is 0.0735. The van der Waals surface area contributed by atoms with Crippen LogP contribution in [-0.2, 0) is 70.4 Å². The normalized spacial score (nSPS) is 11.7. The number of hydrogen-bond acceptors (Lipinski definition) is 16. The zero-order valence-corrected chi connectivity index (χ0v) is 39.6. The van der Waals surface area contributed by atoms with Crippen molar-refractivity contribution < 1.29 is 71.0 Å². The average Bonchev–Trinajstić information content (AvgIpc) is 3.12. The number of alkyl carbamates (subject to hydrolysis) is 2. The molecule has 2 rings (SSSR count). The van der Waals surface area contributed by atoms with Gasteiger partial charge in [-0.15, -0.1) is 11.8 Å². The van der Waals surface area contributed by atoms with Gasteiger partial charge in [-0.25, -0.2) is 22.8 Å². The number of benzene rings is 2. The fraction of sp³-hybridized carbons (Fsp3) is 0.550. The molecule has 2 aromatic carbocycles. The first-order valence-electron chi connectivity index (χ1n) is 18.5. The van der Waals surface area contributed by atoms with Crippen molar-refractivity contribution in [3.8, 4) is 0 Å². The third-order valence-corrected chi connectivity index (χ3v) is 9.66. The van der Waals surface area contributed by atoms with Crippen LogP contribution in [0.3, 0.4) is 0 Å². The lowest BCUT2D eigenvalue weighted by Crippen LogP contribution is -2.44. The summed E-state index contributed by atoms with van der Waals surface area (Å²) < 4.78 is 48.3. The monoisotopic (exact) mass is 942 g/mol. The minimum atomic E-state index is -3.78. The fourth-order valence-corrected chi connectivity index (χ4v) is 6.76. The molecule has 0 radical (unpaired) electrons. The number of rotatable bonds is 15. The van der Waals surface area contributed by atoms with Crippen molar-refractivity contribution in [3.05, 3.63) is 69.7 Å². The van der Waals surface area contributed by atoms with Gasteiger partial charge < -0.3 is 39.2 Å². The Morgan fingerprint density at radius 3 is 1.43 bits per heavy atom. The van der Waals surface area contributed by atoms with Crippen LogP contribution in [0.15, 0.2) is 48.5 Å². The van der Waals surface area contributed by atoms with Crippen LogP contribution >= 0.6 is 35.0 Å². The van der Waals surface area contributed by atoms with E-state index in [0.29, 0.717) is 28.8 Å². The number of sulfone groups is 1. The molecule has 2 aromatic rings. The van der Waals surface area contributed by atoms with E-state index in [9.17, 15) is 37.2 Å². The Morgan fingerprint density at radius 2 is 1.10 bits per heavy atom. The summed E-state index contributed by atoms with van der Waals surface area (Å²) in [5, 5.41) is 13.9. The van der Waals surface area contributed by atoms with Gasteiger partial charge in [0.15, 0.2) is 9.84 Å². The van der Waals surface area contributed by atoms with Crippen molar-refractivity contribution in [2.45, 2.75) is 98.4 Å². The lowest BCUT2D eigenvalue weighted by molar-refractivity contribution is -0.231. The number of methoxy groups -OCH3 is 2. The van der Waals surface area contributed by atoms with E-state index in [-0.39, 0.29) is 30.2 Å². The van der Waals surface area contributed by atoms with Crippen LogP contribution in [0, 0.1) is 0 Å². The van der Waals surface area contributed by atoms with Crippen LogP contribution in [0.2, 0.25) is 10.0 Å². The predicted octanol–water partition coefficient (Wildman–Crippen LogP) is 6.64. The van der Waals surface area contributed by atoms with E-state index >= 15 is 0 Å². The largest absolute Gasteiger partial charge is 0.468 e. The molecule has 0 fully saturated rings. The highest BCUT2D eigenvalue weighted by molar-refractivity contribution is 7.99. The maximum atomic E-state index is 12.2. The van der Waals surface area contributed by atoms with Gasteiger partial charge in [0.05, 0.1) is 38.4 Å². The summed E-state index contributed by atoms with van der Waals surface area (Å²) in [7, 11) is -1.31. The molecule has 0 saturated carbocycles. The van der Waals surface area contributed by atoms with E-state index in [1.807, 2.05) is 45.0 Å². The third-order valence-electron chi connectivity index (χ3n) is 6.50. The van der Waals surface area contributed by atoms with E-state index in [2.05, 4.69) is 29.7 Å². The Balaban J connectivity index is 0. The van der Waals surface area contributed by atoms with Gasteiger partial charge in [0.25, 0.3) is 0 Å². The first-order valence-corrected chi connectivity index (χ1v) is 22.2. The maximum Gasteiger partial charge on any atom is 0.407 e. The average molecular weight is 944 g/mol. The molecule has 0 saturated heterocycles. The second-order valence-electron chi connectivity index (χ2n) is 14.6. The van der Waals surface area contributed by atoms with Crippen molar-refractivity contribution in [2.24, 2.45) is 0 Å². The number of thioether (sulfide) groups is 1. The minimum Gasteiger partial charge on any atom is -0.468 e. The van der Waals surface area contributed by atoms with Gasteiger partial charge in [0.1, 0.15) is 17.0 Å². The Kier molecular flexibility index (Phi) is 29.6. The molecule has 0 aromatic heterocycles. The molecule has 0 spiro atoms. The van der Waals surface area contributed by atoms with Crippen LogP contribution in [-0.4, -0.2) is 117 Å². The van der Waals surface area contributed by atoms with Gasteiger partial charge in [-0.1, -0.05) is 47.5 Å².